The van der Waals surface area contributed by atoms with E-state index in [-0.39, 0.29) is 5.91 Å². The molecule has 1 saturated heterocycles. The van der Waals surface area contributed by atoms with Crippen molar-refractivity contribution in [2.75, 3.05) is 32.7 Å². The Morgan fingerprint density at radius 2 is 1.69 bits per heavy atom. The van der Waals surface area contributed by atoms with E-state index in [1.165, 1.54) is 0 Å². The zero-order valence-electron chi connectivity index (χ0n) is 15.8. The first-order valence-corrected chi connectivity index (χ1v) is 9.32. The largest absolute Gasteiger partial charge is 0.417 e. The molecule has 1 aromatic carbocycles. The third-order valence-corrected chi connectivity index (χ3v) is 4.81. The highest BCUT2D eigenvalue weighted by Gasteiger charge is 2.31. The lowest BCUT2D eigenvalue weighted by Gasteiger charge is -2.34. The summed E-state index contributed by atoms with van der Waals surface area (Å²) >= 11 is 0. The first-order valence-electron chi connectivity index (χ1n) is 9.32. The van der Waals surface area contributed by atoms with Crippen molar-refractivity contribution in [3.8, 4) is 0 Å². The molecule has 0 saturated carbocycles. The number of halogens is 3. The van der Waals surface area contributed by atoms with Gasteiger partial charge in [0.05, 0.1) is 5.56 Å². The highest BCUT2D eigenvalue weighted by atomic mass is 19.4. The second-order valence-electron chi connectivity index (χ2n) is 6.88. The second kappa shape index (κ2) is 9.09. The van der Waals surface area contributed by atoms with Crippen molar-refractivity contribution in [3.05, 3.63) is 76.2 Å². The van der Waals surface area contributed by atoms with Crippen LogP contribution in [0.1, 0.15) is 11.1 Å². The summed E-state index contributed by atoms with van der Waals surface area (Å²) in [6.07, 6.45) is 0.245. The smallest absolute Gasteiger partial charge is 0.339 e. The van der Waals surface area contributed by atoms with E-state index in [1.807, 2.05) is 36.4 Å². The predicted molar refractivity (Wildman–Crippen MR) is 104 cm³/mol. The molecule has 0 N–H and O–H groups in total. The third-order valence-electron chi connectivity index (χ3n) is 4.81. The number of piperazine rings is 1. The molecule has 3 rings (SSSR count). The lowest BCUT2D eigenvalue weighted by atomic mass is 10.2. The Labute approximate surface area is 166 Å². The SMILES string of the molecule is O=C(Cn1cc(C(F)(F)F)ccc1=O)N1CCN(C/C=C/c2ccccc2)CC1. The van der Waals surface area contributed by atoms with Gasteiger partial charge in [-0.1, -0.05) is 42.5 Å². The number of benzene rings is 1. The van der Waals surface area contributed by atoms with Crippen LogP contribution in [-0.2, 0) is 17.5 Å². The lowest BCUT2D eigenvalue weighted by Crippen LogP contribution is -2.49. The van der Waals surface area contributed by atoms with Gasteiger partial charge in [0.15, 0.2) is 0 Å². The number of carbonyl (C=O) groups is 1. The predicted octanol–water partition coefficient (Wildman–Crippen LogP) is 2.72. The minimum Gasteiger partial charge on any atom is -0.339 e. The average molecular weight is 405 g/mol. The molecule has 1 aliphatic heterocycles. The van der Waals surface area contributed by atoms with Crippen molar-refractivity contribution in [2.45, 2.75) is 12.7 Å². The normalized spacial score (nSPS) is 15.8. The standard InChI is InChI=1S/C21H22F3N3O2/c22-21(23,24)18-8-9-19(28)27(15-18)16-20(29)26-13-11-25(12-14-26)10-4-7-17-5-2-1-3-6-17/h1-9,15H,10-14,16H2/b7-4+. The first kappa shape index (κ1) is 20.9. The maximum absolute atomic E-state index is 12.8. The summed E-state index contributed by atoms with van der Waals surface area (Å²) < 4.78 is 39.3. The van der Waals surface area contributed by atoms with Gasteiger partial charge >= 0.3 is 6.18 Å². The number of pyridine rings is 1. The van der Waals surface area contributed by atoms with Crippen molar-refractivity contribution >= 4 is 12.0 Å². The first-order chi connectivity index (χ1) is 13.8. The maximum Gasteiger partial charge on any atom is 0.417 e. The van der Waals surface area contributed by atoms with E-state index in [2.05, 4.69) is 11.0 Å². The van der Waals surface area contributed by atoms with Gasteiger partial charge in [-0.3, -0.25) is 14.5 Å². The molecule has 2 aromatic rings. The van der Waals surface area contributed by atoms with Gasteiger partial charge in [0, 0.05) is 45.0 Å². The molecule has 0 aliphatic carbocycles. The fourth-order valence-corrected chi connectivity index (χ4v) is 3.15. The van der Waals surface area contributed by atoms with Crippen LogP contribution in [0.2, 0.25) is 0 Å². The second-order valence-corrected chi connectivity index (χ2v) is 6.88. The van der Waals surface area contributed by atoms with Crippen LogP contribution in [0.3, 0.4) is 0 Å². The minimum absolute atomic E-state index is 0.356. The van der Waals surface area contributed by atoms with Crippen molar-refractivity contribution in [2.24, 2.45) is 0 Å². The Bertz CT molecular complexity index is 915. The van der Waals surface area contributed by atoms with Gasteiger partial charge in [0.1, 0.15) is 6.54 Å². The molecular weight excluding hydrogens is 383 g/mol. The van der Waals surface area contributed by atoms with Crippen LogP contribution in [0, 0.1) is 0 Å². The van der Waals surface area contributed by atoms with E-state index in [0.717, 1.165) is 28.8 Å². The van der Waals surface area contributed by atoms with Crippen molar-refractivity contribution in [3.63, 3.8) is 0 Å². The summed E-state index contributed by atoms with van der Waals surface area (Å²) in [6, 6.07) is 11.5. The van der Waals surface area contributed by atoms with Crippen LogP contribution in [0.5, 0.6) is 0 Å². The monoisotopic (exact) mass is 405 g/mol. The van der Waals surface area contributed by atoms with Gasteiger partial charge in [-0.25, -0.2) is 0 Å². The molecule has 2 heterocycles. The molecule has 1 fully saturated rings. The van der Waals surface area contributed by atoms with Gasteiger partial charge in [0.25, 0.3) is 5.56 Å². The Hall–Kier alpha value is -2.87. The molecular formula is C21H22F3N3O2. The molecule has 0 atom stereocenters. The Morgan fingerprint density at radius 3 is 2.34 bits per heavy atom. The molecule has 154 valence electrons. The molecule has 0 spiro atoms. The zero-order chi connectivity index (χ0) is 20.9. The van der Waals surface area contributed by atoms with Crippen molar-refractivity contribution < 1.29 is 18.0 Å². The summed E-state index contributed by atoms with van der Waals surface area (Å²) in [4.78, 5) is 28.0. The van der Waals surface area contributed by atoms with Crippen LogP contribution in [-0.4, -0.2) is 53.0 Å². The van der Waals surface area contributed by atoms with E-state index in [1.54, 1.807) is 4.90 Å². The van der Waals surface area contributed by atoms with Gasteiger partial charge in [-0.15, -0.1) is 0 Å². The molecule has 8 heteroatoms. The number of hydrogen-bond acceptors (Lipinski definition) is 3. The highest BCUT2D eigenvalue weighted by molar-refractivity contribution is 5.76. The van der Waals surface area contributed by atoms with Crippen LogP contribution >= 0.6 is 0 Å². The number of carbonyl (C=O) groups excluding carboxylic acids is 1. The Kier molecular flexibility index (Phi) is 6.53. The molecule has 1 amide bonds. The van der Waals surface area contributed by atoms with Crippen molar-refractivity contribution in [1.82, 2.24) is 14.4 Å². The van der Waals surface area contributed by atoms with E-state index in [4.69, 9.17) is 0 Å². The highest BCUT2D eigenvalue weighted by Crippen LogP contribution is 2.28. The van der Waals surface area contributed by atoms with Crippen molar-refractivity contribution in [1.29, 1.82) is 0 Å². The fourth-order valence-electron chi connectivity index (χ4n) is 3.15. The molecule has 0 radical (unpaired) electrons. The topological polar surface area (TPSA) is 45.6 Å². The Morgan fingerprint density at radius 1 is 1.00 bits per heavy atom. The Balaban J connectivity index is 1.51. The van der Waals surface area contributed by atoms with Crippen LogP contribution in [0.25, 0.3) is 6.08 Å². The van der Waals surface area contributed by atoms with E-state index in [0.29, 0.717) is 32.4 Å². The fraction of sp³-hybridized carbons (Fsp3) is 0.333. The minimum atomic E-state index is -4.56. The van der Waals surface area contributed by atoms with Gasteiger partial charge < -0.3 is 9.47 Å². The molecule has 1 aliphatic rings. The lowest BCUT2D eigenvalue weighted by molar-refractivity contribution is -0.139. The zero-order valence-corrected chi connectivity index (χ0v) is 15.8. The van der Waals surface area contributed by atoms with Crippen LogP contribution < -0.4 is 5.56 Å². The number of amides is 1. The van der Waals surface area contributed by atoms with E-state index in [9.17, 15) is 22.8 Å². The number of nitrogens with zero attached hydrogens (tertiary/aromatic N) is 3. The van der Waals surface area contributed by atoms with Gasteiger partial charge in [0.2, 0.25) is 5.91 Å². The third kappa shape index (κ3) is 5.80. The molecule has 1 aromatic heterocycles. The molecule has 0 bridgehead atoms. The molecule has 29 heavy (non-hydrogen) atoms. The molecule has 5 nitrogen and oxygen atoms in total. The summed E-state index contributed by atoms with van der Waals surface area (Å²) in [7, 11) is 0. The quantitative estimate of drug-likeness (QED) is 0.769. The number of alkyl halides is 3. The molecule has 0 unspecified atom stereocenters. The summed E-state index contributed by atoms with van der Waals surface area (Å²) in [6.45, 7) is 2.66. The van der Waals surface area contributed by atoms with Crippen LogP contribution in [0.15, 0.2) is 59.5 Å². The average Bonchev–Trinajstić information content (AvgIpc) is 2.70. The summed E-state index contributed by atoms with van der Waals surface area (Å²) in [5.74, 6) is -0.356. The number of hydrogen-bond donors (Lipinski definition) is 0. The van der Waals surface area contributed by atoms with E-state index < -0.39 is 23.8 Å². The summed E-state index contributed by atoms with van der Waals surface area (Å²) in [5, 5.41) is 0. The van der Waals surface area contributed by atoms with E-state index >= 15 is 0 Å². The number of aromatic nitrogens is 1. The van der Waals surface area contributed by atoms with Gasteiger partial charge in [-0.05, 0) is 11.6 Å². The number of rotatable bonds is 5. The van der Waals surface area contributed by atoms with Gasteiger partial charge in [-0.2, -0.15) is 13.2 Å². The summed E-state index contributed by atoms with van der Waals surface area (Å²) in [5.41, 5.74) is -0.455. The maximum atomic E-state index is 12.8. The van der Waals surface area contributed by atoms with Crippen LogP contribution in [0.4, 0.5) is 13.2 Å².